The number of likely N-dealkylation sites (tertiary alicyclic amines) is 1. The van der Waals surface area contributed by atoms with E-state index in [0.29, 0.717) is 18.3 Å². The molecule has 1 aromatic heterocycles. The number of aryl methyl sites for hydroxylation is 2. The Morgan fingerprint density at radius 3 is 2.55 bits per heavy atom. The SMILES string of the molecule is COc1ccc2nccc(CCCC3CCN(CCCCc4ccc(C(F)(F)F)cc4)CC3CCC(=O)O)c2c1. The molecule has 4 rings (SSSR count). The fraction of sp³-hybridized carbons (Fsp3) is 0.500. The fourth-order valence-electron chi connectivity index (χ4n) is 5.98. The van der Waals surface area contributed by atoms with Gasteiger partial charge in [0.25, 0.3) is 0 Å². The molecule has 1 aliphatic heterocycles. The van der Waals surface area contributed by atoms with Crippen LogP contribution >= 0.6 is 0 Å². The van der Waals surface area contributed by atoms with Crippen molar-refractivity contribution < 1.29 is 27.8 Å². The lowest BCUT2D eigenvalue weighted by Gasteiger charge is -2.39. The second kappa shape index (κ2) is 14.0. The quantitative estimate of drug-likeness (QED) is 0.222. The molecule has 0 saturated carbocycles. The molecule has 0 aliphatic carbocycles. The molecular formula is C32H39F3N2O3. The summed E-state index contributed by atoms with van der Waals surface area (Å²) in [5, 5.41) is 10.4. The second-order valence-corrected chi connectivity index (χ2v) is 10.9. The molecule has 40 heavy (non-hydrogen) atoms. The Labute approximate surface area is 234 Å². The third-order valence-electron chi connectivity index (χ3n) is 8.24. The summed E-state index contributed by atoms with van der Waals surface area (Å²) in [7, 11) is 1.67. The molecule has 2 heterocycles. The number of aromatic nitrogens is 1. The number of benzene rings is 2. The van der Waals surface area contributed by atoms with E-state index < -0.39 is 17.7 Å². The maximum atomic E-state index is 12.8. The summed E-state index contributed by atoms with van der Waals surface area (Å²) in [6.07, 6.45) is 5.19. The van der Waals surface area contributed by atoms with E-state index >= 15 is 0 Å². The predicted octanol–water partition coefficient (Wildman–Crippen LogP) is 7.41. The molecule has 0 spiro atoms. The number of unbranched alkanes of at least 4 members (excludes halogenated alkanes) is 1. The van der Waals surface area contributed by atoms with Gasteiger partial charge in [-0.15, -0.1) is 0 Å². The number of pyridine rings is 1. The lowest BCUT2D eigenvalue weighted by Crippen LogP contribution is -2.41. The zero-order valence-corrected chi connectivity index (χ0v) is 23.1. The summed E-state index contributed by atoms with van der Waals surface area (Å²) >= 11 is 0. The Balaban J connectivity index is 1.26. The number of hydrogen-bond donors (Lipinski definition) is 1. The van der Waals surface area contributed by atoms with Crippen molar-refractivity contribution in [3.8, 4) is 5.75 Å². The van der Waals surface area contributed by atoms with E-state index in [9.17, 15) is 23.1 Å². The maximum absolute atomic E-state index is 12.8. The van der Waals surface area contributed by atoms with Gasteiger partial charge in [-0.05, 0) is 124 Å². The molecule has 1 saturated heterocycles. The first-order chi connectivity index (χ1) is 19.2. The summed E-state index contributed by atoms with van der Waals surface area (Å²) in [5.41, 5.74) is 2.54. The topological polar surface area (TPSA) is 62.7 Å². The van der Waals surface area contributed by atoms with Crippen LogP contribution in [0.25, 0.3) is 10.9 Å². The van der Waals surface area contributed by atoms with E-state index in [2.05, 4.69) is 16.0 Å². The van der Waals surface area contributed by atoms with Gasteiger partial charge in [-0.1, -0.05) is 12.1 Å². The fourth-order valence-corrected chi connectivity index (χ4v) is 5.98. The van der Waals surface area contributed by atoms with E-state index in [0.717, 1.165) is 98.9 Å². The zero-order chi connectivity index (χ0) is 28.5. The molecule has 1 N–H and O–H groups in total. The van der Waals surface area contributed by atoms with Crippen molar-refractivity contribution in [2.75, 3.05) is 26.7 Å². The van der Waals surface area contributed by atoms with Crippen molar-refractivity contribution in [3.63, 3.8) is 0 Å². The summed E-state index contributed by atoms with van der Waals surface area (Å²) in [4.78, 5) is 18.3. The monoisotopic (exact) mass is 556 g/mol. The van der Waals surface area contributed by atoms with Gasteiger partial charge in [0.1, 0.15) is 5.75 Å². The molecule has 5 nitrogen and oxygen atoms in total. The van der Waals surface area contributed by atoms with Gasteiger partial charge < -0.3 is 14.7 Å². The lowest BCUT2D eigenvalue weighted by molar-refractivity contribution is -0.138. The Kier molecular flexibility index (Phi) is 10.4. The molecule has 216 valence electrons. The molecule has 2 aromatic carbocycles. The molecule has 3 aromatic rings. The number of hydrogen-bond acceptors (Lipinski definition) is 4. The smallest absolute Gasteiger partial charge is 0.416 e. The van der Waals surface area contributed by atoms with Crippen LogP contribution in [-0.2, 0) is 23.8 Å². The van der Waals surface area contributed by atoms with Crippen molar-refractivity contribution in [2.24, 2.45) is 11.8 Å². The predicted molar refractivity (Wildman–Crippen MR) is 151 cm³/mol. The van der Waals surface area contributed by atoms with E-state index in [1.807, 2.05) is 24.4 Å². The van der Waals surface area contributed by atoms with Crippen LogP contribution in [0.5, 0.6) is 5.75 Å². The van der Waals surface area contributed by atoms with Crippen molar-refractivity contribution in [2.45, 2.75) is 64.0 Å². The van der Waals surface area contributed by atoms with Gasteiger partial charge >= 0.3 is 12.1 Å². The van der Waals surface area contributed by atoms with Crippen LogP contribution in [0.15, 0.2) is 54.7 Å². The summed E-state index contributed by atoms with van der Waals surface area (Å²) in [5.74, 6) is 0.936. The van der Waals surface area contributed by atoms with E-state index in [-0.39, 0.29) is 6.42 Å². The third-order valence-corrected chi connectivity index (χ3v) is 8.24. The second-order valence-electron chi connectivity index (χ2n) is 10.9. The number of methoxy groups -OCH3 is 1. The average Bonchev–Trinajstić information content (AvgIpc) is 2.94. The van der Waals surface area contributed by atoms with Gasteiger partial charge in [-0.25, -0.2) is 0 Å². The molecule has 2 unspecified atom stereocenters. The minimum atomic E-state index is -4.30. The minimum Gasteiger partial charge on any atom is -0.497 e. The summed E-state index contributed by atoms with van der Waals surface area (Å²) in [6.45, 7) is 2.85. The Morgan fingerprint density at radius 2 is 1.82 bits per heavy atom. The zero-order valence-electron chi connectivity index (χ0n) is 23.1. The van der Waals surface area contributed by atoms with Crippen LogP contribution < -0.4 is 4.74 Å². The number of carboxylic acid groups (broad SMARTS) is 1. The maximum Gasteiger partial charge on any atom is 0.416 e. The van der Waals surface area contributed by atoms with Gasteiger partial charge in [0.2, 0.25) is 0 Å². The van der Waals surface area contributed by atoms with Crippen LogP contribution in [0.1, 0.15) is 61.6 Å². The van der Waals surface area contributed by atoms with Crippen LogP contribution in [0.2, 0.25) is 0 Å². The molecule has 0 bridgehead atoms. The molecule has 1 fully saturated rings. The van der Waals surface area contributed by atoms with Crippen LogP contribution in [0, 0.1) is 11.8 Å². The number of fused-ring (bicyclic) bond motifs is 1. The number of ether oxygens (including phenoxy) is 1. The van der Waals surface area contributed by atoms with E-state index in [1.54, 1.807) is 19.2 Å². The summed E-state index contributed by atoms with van der Waals surface area (Å²) < 4.78 is 43.7. The molecule has 1 aliphatic rings. The first kappa shape index (κ1) is 29.8. The van der Waals surface area contributed by atoms with Gasteiger partial charge in [0, 0.05) is 24.5 Å². The van der Waals surface area contributed by atoms with Crippen molar-refractivity contribution in [3.05, 3.63) is 71.4 Å². The first-order valence-electron chi connectivity index (χ1n) is 14.2. The number of halogens is 3. The Morgan fingerprint density at radius 1 is 1.02 bits per heavy atom. The van der Waals surface area contributed by atoms with Gasteiger partial charge in [0.15, 0.2) is 0 Å². The van der Waals surface area contributed by atoms with Crippen molar-refractivity contribution in [1.29, 1.82) is 0 Å². The minimum absolute atomic E-state index is 0.192. The van der Waals surface area contributed by atoms with Gasteiger partial charge in [-0.2, -0.15) is 13.2 Å². The molecular weight excluding hydrogens is 517 g/mol. The standard InChI is InChI=1S/C32H39F3N2O3/c1-40-28-13-14-30-29(21-28)25(16-18-36-30)7-4-6-24-17-20-37(22-26(24)10-15-31(38)39)19-3-2-5-23-8-11-27(12-9-23)32(33,34)35/h8-9,11-14,16,18,21,24,26H,2-7,10,15,17,19-20,22H2,1H3,(H,38,39). The normalized spacial score (nSPS) is 18.2. The number of aliphatic carboxylic acids is 1. The lowest BCUT2D eigenvalue weighted by atomic mass is 9.79. The van der Waals surface area contributed by atoms with Crippen LogP contribution in [0.3, 0.4) is 0 Å². The highest BCUT2D eigenvalue weighted by atomic mass is 19.4. The van der Waals surface area contributed by atoms with Gasteiger partial charge in [-0.3, -0.25) is 9.78 Å². The molecule has 0 radical (unpaired) electrons. The Hall–Kier alpha value is -3.13. The number of carboxylic acids is 1. The Bertz CT molecular complexity index is 1250. The number of nitrogens with zero attached hydrogens (tertiary/aromatic N) is 2. The number of rotatable bonds is 13. The number of piperidine rings is 1. The van der Waals surface area contributed by atoms with E-state index in [1.165, 1.54) is 5.56 Å². The number of carbonyl (C=O) groups is 1. The largest absolute Gasteiger partial charge is 0.497 e. The highest BCUT2D eigenvalue weighted by Crippen LogP contribution is 2.33. The van der Waals surface area contributed by atoms with Crippen molar-refractivity contribution in [1.82, 2.24) is 9.88 Å². The molecule has 8 heteroatoms. The first-order valence-corrected chi connectivity index (χ1v) is 14.2. The molecule has 0 amide bonds. The summed E-state index contributed by atoms with van der Waals surface area (Å²) in [6, 6.07) is 13.5. The van der Waals surface area contributed by atoms with Crippen LogP contribution in [-0.4, -0.2) is 47.7 Å². The molecule has 2 atom stereocenters. The average molecular weight is 557 g/mol. The highest BCUT2D eigenvalue weighted by Gasteiger charge is 2.30. The number of alkyl halides is 3. The highest BCUT2D eigenvalue weighted by molar-refractivity contribution is 5.83. The van der Waals surface area contributed by atoms with Crippen molar-refractivity contribution >= 4 is 16.9 Å². The van der Waals surface area contributed by atoms with Crippen LogP contribution in [0.4, 0.5) is 13.2 Å². The van der Waals surface area contributed by atoms with Gasteiger partial charge in [0.05, 0.1) is 18.2 Å². The third kappa shape index (κ3) is 8.43. The van der Waals surface area contributed by atoms with E-state index in [4.69, 9.17) is 4.74 Å².